The zero-order valence-corrected chi connectivity index (χ0v) is 19.0. The molecule has 0 bridgehead atoms. The van der Waals surface area contributed by atoms with Crippen molar-refractivity contribution in [2.24, 2.45) is 0 Å². The van der Waals surface area contributed by atoms with Crippen LogP contribution in [0.15, 0.2) is 34.8 Å². The fourth-order valence-electron chi connectivity index (χ4n) is 3.93. The van der Waals surface area contributed by atoms with E-state index < -0.39 is 53.0 Å². The minimum atomic E-state index is -4.97. The Morgan fingerprint density at radius 1 is 1.09 bits per heavy atom. The van der Waals surface area contributed by atoms with Gasteiger partial charge in [-0.3, -0.25) is 9.69 Å². The number of hydrogen-bond acceptors (Lipinski definition) is 3. The number of rotatable bonds is 3. The summed E-state index contributed by atoms with van der Waals surface area (Å²) in [5, 5.41) is 11.8. The fourth-order valence-corrected chi connectivity index (χ4v) is 4.28. The Morgan fingerprint density at radius 3 is 2.24 bits per heavy atom. The van der Waals surface area contributed by atoms with Crippen molar-refractivity contribution in [1.29, 1.82) is 0 Å². The van der Waals surface area contributed by atoms with Crippen molar-refractivity contribution in [2.45, 2.75) is 32.1 Å². The number of benzene rings is 2. The predicted octanol–water partition coefficient (Wildman–Crippen LogP) is 5.58. The second-order valence-electron chi connectivity index (χ2n) is 7.72. The van der Waals surface area contributed by atoms with Gasteiger partial charge in [-0.25, -0.2) is 13.6 Å². The molecule has 0 unspecified atom stereocenters. The molecule has 33 heavy (non-hydrogen) atoms. The zero-order chi connectivity index (χ0) is 24.7. The summed E-state index contributed by atoms with van der Waals surface area (Å²) in [6.07, 6.45) is -6.08. The summed E-state index contributed by atoms with van der Waals surface area (Å²) in [5.41, 5.74) is -2.06. The molecule has 1 fully saturated rings. The van der Waals surface area contributed by atoms with E-state index in [1.54, 1.807) is 18.7 Å². The van der Waals surface area contributed by atoms with Gasteiger partial charge in [0.25, 0.3) is 5.91 Å². The lowest BCUT2D eigenvalue weighted by Gasteiger charge is -2.44. The van der Waals surface area contributed by atoms with Gasteiger partial charge in [0, 0.05) is 19.2 Å². The highest BCUT2D eigenvalue weighted by Crippen LogP contribution is 2.36. The second-order valence-corrected chi connectivity index (χ2v) is 8.57. The van der Waals surface area contributed by atoms with Crippen molar-refractivity contribution in [2.75, 3.05) is 23.3 Å². The molecule has 178 valence electrons. The summed E-state index contributed by atoms with van der Waals surface area (Å²) < 4.78 is 67.7. The molecule has 1 saturated heterocycles. The Hall–Kier alpha value is -2.89. The molecule has 1 heterocycles. The van der Waals surface area contributed by atoms with Crippen molar-refractivity contribution in [3.63, 3.8) is 0 Å². The number of amides is 2. The zero-order valence-electron chi connectivity index (χ0n) is 17.4. The Labute approximate surface area is 194 Å². The Kier molecular flexibility index (Phi) is 6.87. The normalized spacial score (nSPS) is 18.9. The maximum Gasteiger partial charge on any atom is 0.417 e. The highest BCUT2D eigenvalue weighted by atomic mass is 79.9. The lowest BCUT2D eigenvalue weighted by atomic mass is 10.0. The van der Waals surface area contributed by atoms with Crippen LogP contribution in [0.1, 0.15) is 29.8 Å². The van der Waals surface area contributed by atoms with Crippen LogP contribution in [0.3, 0.4) is 0 Å². The summed E-state index contributed by atoms with van der Waals surface area (Å²) in [6.45, 7) is 3.65. The van der Waals surface area contributed by atoms with Crippen molar-refractivity contribution >= 4 is 39.3 Å². The van der Waals surface area contributed by atoms with Crippen molar-refractivity contribution in [3.8, 4) is 0 Å². The number of carbonyl (C=O) groups excluding carboxylic acids is 1. The molecule has 1 aliphatic rings. The van der Waals surface area contributed by atoms with Crippen LogP contribution >= 0.6 is 15.9 Å². The van der Waals surface area contributed by atoms with Gasteiger partial charge in [0.1, 0.15) is 11.6 Å². The molecule has 1 aliphatic heterocycles. The highest BCUT2D eigenvalue weighted by Gasteiger charge is 2.37. The maximum atomic E-state index is 14.4. The third-order valence-corrected chi connectivity index (χ3v) is 5.91. The van der Waals surface area contributed by atoms with Gasteiger partial charge >= 0.3 is 12.3 Å². The average molecular weight is 536 g/mol. The van der Waals surface area contributed by atoms with Crippen LogP contribution in [0.4, 0.5) is 38.1 Å². The summed E-state index contributed by atoms with van der Waals surface area (Å²) in [6, 6.07) is 3.04. The van der Waals surface area contributed by atoms with Gasteiger partial charge in [-0.15, -0.1) is 0 Å². The van der Waals surface area contributed by atoms with Crippen LogP contribution in [-0.2, 0) is 6.18 Å². The smallest absolute Gasteiger partial charge is 0.417 e. The first-order chi connectivity index (χ1) is 15.3. The van der Waals surface area contributed by atoms with Crippen LogP contribution in [0.5, 0.6) is 0 Å². The van der Waals surface area contributed by atoms with Crippen LogP contribution < -0.4 is 10.2 Å². The maximum absolute atomic E-state index is 14.4. The second kappa shape index (κ2) is 9.16. The summed E-state index contributed by atoms with van der Waals surface area (Å²) in [4.78, 5) is 27.1. The summed E-state index contributed by atoms with van der Waals surface area (Å²) in [7, 11) is 0. The molecule has 3 rings (SSSR count). The Balaban J connectivity index is 1.99. The van der Waals surface area contributed by atoms with E-state index in [0.29, 0.717) is 0 Å². The van der Waals surface area contributed by atoms with E-state index in [1.807, 2.05) is 0 Å². The van der Waals surface area contributed by atoms with E-state index in [4.69, 9.17) is 0 Å². The molecule has 0 spiro atoms. The number of nitrogens with zero attached hydrogens (tertiary/aromatic N) is 2. The van der Waals surface area contributed by atoms with Crippen molar-refractivity contribution < 1.29 is 36.6 Å². The van der Waals surface area contributed by atoms with Crippen LogP contribution in [0, 0.1) is 11.6 Å². The predicted molar refractivity (Wildman–Crippen MR) is 114 cm³/mol. The molecular formula is C21H19BrF5N3O3. The standard InChI is InChI=1S/C21H19BrF5N3O3/c1-10-8-29(9-11(2)30(10)20(32)33)18-7-16(24)15(22)6-17(18)28-19(31)13-4-3-12(23)5-14(13)21(25,26)27/h3-7,10-11H,8-9H2,1-2H3,(H,28,31)(H,32,33)/t10-,11+. The topological polar surface area (TPSA) is 72.9 Å². The third-order valence-electron chi connectivity index (χ3n) is 5.30. The quantitative estimate of drug-likeness (QED) is 0.503. The molecule has 0 aromatic heterocycles. The van der Waals surface area contributed by atoms with Crippen LogP contribution in [0.25, 0.3) is 0 Å². The molecule has 12 heteroatoms. The van der Waals surface area contributed by atoms with Gasteiger partial charge < -0.3 is 15.3 Å². The molecule has 2 aromatic carbocycles. The number of piperazine rings is 1. The largest absolute Gasteiger partial charge is 0.465 e. The number of carbonyl (C=O) groups is 2. The number of hydrogen-bond donors (Lipinski definition) is 2. The number of nitrogens with one attached hydrogen (secondary N) is 1. The minimum Gasteiger partial charge on any atom is -0.465 e. The average Bonchev–Trinajstić information content (AvgIpc) is 2.68. The van der Waals surface area contributed by atoms with Gasteiger partial charge in [0.05, 0.1) is 39.1 Å². The van der Waals surface area contributed by atoms with Gasteiger partial charge in [-0.05, 0) is 54.0 Å². The molecular weight excluding hydrogens is 517 g/mol. The Bertz CT molecular complexity index is 1080. The van der Waals surface area contributed by atoms with E-state index in [0.717, 1.165) is 18.2 Å². The number of halogens is 6. The van der Waals surface area contributed by atoms with Gasteiger partial charge in [0.15, 0.2) is 0 Å². The lowest BCUT2D eigenvalue weighted by molar-refractivity contribution is -0.138. The SMILES string of the molecule is C[C@@H]1CN(c2cc(F)c(Br)cc2NC(=O)c2ccc(F)cc2C(F)(F)F)C[C@H](C)N1C(=O)O. The highest BCUT2D eigenvalue weighted by molar-refractivity contribution is 9.10. The van der Waals surface area contributed by atoms with Crippen LogP contribution in [0.2, 0.25) is 0 Å². The van der Waals surface area contributed by atoms with Crippen LogP contribution in [-0.4, -0.2) is 47.2 Å². The fraction of sp³-hybridized carbons (Fsp3) is 0.333. The minimum absolute atomic E-state index is 0.00824. The van der Waals surface area contributed by atoms with Gasteiger partial charge in [-0.1, -0.05) is 0 Å². The number of carboxylic acid groups (broad SMARTS) is 1. The molecule has 0 saturated carbocycles. The molecule has 6 nitrogen and oxygen atoms in total. The number of alkyl halides is 3. The first kappa shape index (κ1) is 24.7. The molecule has 0 radical (unpaired) electrons. The third kappa shape index (κ3) is 5.21. The molecule has 2 amide bonds. The Morgan fingerprint density at radius 2 is 1.70 bits per heavy atom. The van der Waals surface area contributed by atoms with E-state index in [2.05, 4.69) is 21.2 Å². The van der Waals surface area contributed by atoms with Crippen molar-refractivity contribution in [3.05, 3.63) is 57.6 Å². The van der Waals surface area contributed by atoms with E-state index in [1.165, 1.54) is 11.0 Å². The first-order valence-electron chi connectivity index (χ1n) is 9.73. The van der Waals surface area contributed by atoms with Gasteiger partial charge in [-0.2, -0.15) is 13.2 Å². The summed E-state index contributed by atoms with van der Waals surface area (Å²) in [5.74, 6) is -2.99. The van der Waals surface area contributed by atoms with E-state index in [9.17, 15) is 36.6 Å². The number of anilines is 2. The van der Waals surface area contributed by atoms with E-state index >= 15 is 0 Å². The molecule has 0 aliphatic carbocycles. The summed E-state index contributed by atoms with van der Waals surface area (Å²) >= 11 is 3.00. The molecule has 2 aromatic rings. The van der Waals surface area contributed by atoms with Crippen molar-refractivity contribution in [1.82, 2.24) is 4.90 Å². The van der Waals surface area contributed by atoms with E-state index in [-0.39, 0.29) is 35.0 Å². The lowest BCUT2D eigenvalue weighted by Crippen LogP contribution is -2.58. The molecule has 2 N–H and O–H groups in total. The monoisotopic (exact) mass is 535 g/mol. The van der Waals surface area contributed by atoms with Gasteiger partial charge in [0.2, 0.25) is 0 Å². The first-order valence-corrected chi connectivity index (χ1v) is 10.5. The molecule has 2 atom stereocenters.